The van der Waals surface area contributed by atoms with Crippen LogP contribution in [-0.2, 0) is 0 Å². The van der Waals surface area contributed by atoms with Crippen LogP contribution < -0.4 is 5.73 Å². The second-order valence-electron chi connectivity index (χ2n) is 6.16. The lowest BCUT2D eigenvalue weighted by molar-refractivity contribution is 0.138. The van der Waals surface area contributed by atoms with Crippen LogP contribution in [0.4, 0.5) is 8.78 Å². The van der Waals surface area contributed by atoms with Crippen molar-refractivity contribution in [1.82, 2.24) is 4.90 Å². The Labute approximate surface area is 121 Å². The van der Waals surface area contributed by atoms with Crippen LogP contribution >= 0.6 is 0 Å². The standard InChI is InChI=1S/C16H26F2N2/c1-5-9-20(11-16(3,4)10-19)12(2)13-7-6-8-14(17)15(13)18/h6-8,12H,5,9-11,19H2,1-4H3. The Morgan fingerprint density at radius 3 is 2.50 bits per heavy atom. The van der Waals surface area contributed by atoms with E-state index in [2.05, 4.69) is 25.7 Å². The van der Waals surface area contributed by atoms with Gasteiger partial charge in [0.15, 0.2) is 11.6 Å². The third-order valence-corrected chi connectivity index (χ3v) is 3.67. The van der Waals surface area contributed by atoms with Gasteiger partial charge in [-0.3, -0.25) is 4.90 Å². The maximum Gasteiger partial charge on any atom is 0.163 e. The molecule has 0 radical (unpaired) electrons. The quantitative estimate of drug-likeness (QED) is 0.827. The Bertz CT molecular complexity index is 432. The minimum absolute atomic E-state index is 0.0484. The highest BCUT2D eigenvalue weighted by Gasteiger charge is 2.26. The maximum absolute atomic E-state index is 13.9. The molecule has 1 atom stereocenters. The van der Waals surface area contributed by atoms with Crippen LogP contribution in [0, 0.1) is 17.0 Å². The van der Waals surface area contributed by atoms with E-state index in [9.17, 15) is 8.78 Å². The van der Waals surface area contributed by atoms with Crippen LogP contribution in [0.1, 0.15) is 45.7 Å². The van der Waals surface area contributed by atoms with Crippen LogP contribution in [0.25, 0.3) is 0 Å². The fourth-order valence-corrected chi connectivity index (χ4v) is 2.35. The van der Waals surface area contributed by atoms with E-state index in [0.717, 1.165) is 25.6 Å². The average Bonchev–Trinajstić information content (AvgIpc) is 2.40. The van der Waals surface area contributed by atoms with Crippen LogP contribution in [0.15, 0.2) is 18.2 Å². The van der Waals surface area contributed by atoms with Gasteiger partial charge in [-0.15, -0.1) is 0 Å². The van der Waals surface area contributed by atoms with Crippen molar-refractivity contribution in [1.29, 1.82) is 0 Å². The second-order valence-corrected chi connectivity index (χ2v) is 6.16. The van der Waals surface area contributed by atoms with Crippen LogP contribution in [-0.4, -0.2) is 24.5 Å². The first-order valence-corrected chi connectivity index (χ1v) is 7.20. The SMILES string of the molecule is CCCN(CC(C)(C)CN)C(C)c1cccc(F)c1F. The Morgan fingerprint density at radius 2 is 1.95 bits per heavy atom. The largest absolute Gasteiger partial charge is 0.330 e. The second kappa shape index (κ2) is 7.14. The smallest absolute Gasteiger partial charge is 0.163 e. The number of nitrogens with two attached hydrogens (primary N) is 1. The highest BCUT2D eigenvalue weighted by Crippen LogP contribution is 2.27. The molecule has 2 nitrogen and oxygen atoms in total. The molecule has 1 aromatic carbocycles. The fraction of sp³-hybridized carbons (Fsp3) is 0.625. The molecule has 0 aliphatic rings. The van der Waals surface area contributed by atoms with E-state index in [4.69, 9.17) is 5.73 Å². The average molecular weight is 284 g/mol. The fourth-order valence-electron chi connectivity index (χ4n) is 2.35. The molecule has 0 bridgehead atoms. The van der Waals surface area contributed by atoms with Crippen LogP contribution in [0.2, 0.25) is 0 Å². The summed E-state index contributed by atoms with van der Waals surface area (Å²) >= 11 is 0. The van der Waals surface area contributed by atoms with Crippen molar-refractivity contribution in [2.45, 2.75) is 40.2 Å². The lowest BCUT2D eigenvalue weighted by atomic mass is 9.91. The first kappa shape index (κ1) is 17.1. The molecule has 0 aromatic heterocycles. The number of benzene rings is 1. The molecule has 20 heavy (non-hydrogen) atoms. The summed E-state index contributed by atoms with van der Waals surface area (Å²) in [7, 11) is 0. The minimum Gasteiger partial charge on any atom is -0.330 e. The van der Waals surface area contributed by atoms with Crippen molar-refractivity contribution in [3.8, 4) is 0 Å². The van der Waals surface area contributed by atoms with Gasteiger partial charge in [-0.05, 0) is 37.9 Å². The summed E-state index contributed by atoms with van der Waals surface area (Å²) in [5, 5.41) is 0. The van der Waals surface area contributed by atoms with Crippen molar-refractivity contribution in [2.24, 2.45) is 11.1 Å². The highest BCUT2D eigenvalue weighted by molar-refractivity contribution is 5.22. The van der Waals surface area contributed by atoms with E-state index in [1.54, 1.807) is 12.1 Å². The predicted molar refractivity (Wildman–Crippen MR) is 79.5 cm³/mol. The summed E-state index contributed by atoms with van der Waals surface area (Å²) in [6.07, 6.45) is 0.960. The summed E-state index contributed by atoms with van der Waals surface area (Å²) in [5.74, 6) is -1.53. The Kier molecular flexibility index (Phi) is 6.08. The molecule has 1 unspecified atom stereocenters. The van der Waals surface area contributed by atoms with Gasteiger partial charge in [-0.2, -0.15) is 0 Å². The molecule has 0 fully saturated rings. The van der Waals surface area contributed by atoms with Crippen molar-refractivity contribution < 1.29 is 8.78 Å². The minimum atomic E-state index is -0.788. The number of hydrogen-bond acceptors (Lipinski definition) is 2. The van der Waals surface area contributed by atoms with E-state index in [-0.39, 0.29) is 11.5 Å². The van der Waals surface area contributed by atoms with Gasteiger partial charge in [0, 0.05) is 18.2 Å². The zero-order valence-corrected chi connectivity index (χ0v) is 12.9. The van der Waals surface area contributed by atoms with Gasteiger partial charge in [0.25, 0.3) is 0 Å². The van der Waals surface area contributed by atoms with E-state index in [0.29, 0.717) is 12.1 Å². The Hall–Kier alpha value is -1.00. The molecule has 4 heteroatoms. The number of nitrogens with zero attached hydrogens (tertiary/aromatic N) is 1. The summed E-state index contributed by atoms with van der Waals surface area (Å²) in [6.45, 7) is 10.3. The molecule has 114 valence electrons. The van der Waals surface area contributed by atoms with Crippen LogP contribution in [0.5, 0.6) is 0 Å². The van der Waals surface area contributed by atoms with Gasteiger partial charge in [-0.25, -0.2) is 8.78 Å². The molecule has 1 aromatic rings. The Balaban J connectivity index is 2.99. The maximum atomic E-state index is 13.9. The monoisotopic (exact) mass is 284 g/mol. The molecule has 1 rings (SSSR count). The predicted octanol–water partition coefficient (Wildman–Crippen LogP) is 3.72. The molecule has 0 saturated carbocycles. The zero-order chi connectivity index (χ0) is 15.3. The number of halogens is 2. The third kappa shape index (κ3) is 4.25. The molecule has 0 saturated heterocycles. The van der Waals surface area contributed by atoms with Gasteiger partial charge in [0.05, 0.1) is 0 Å². The molecule has 0 amide bonds. The van der Waals surface area contributed by atoms with E-state index in [1.165, 1.54) is 0 Å². The van der Waals surface area contributed by atoms with Crippen molar-refractivity contribution in [3.63, 3.8) is 0 Å². The summed E-state index contributed by atoms with van der Waals surface area (Å²) in [4.78, 5) is 2.17. The van der Waals surface area contributed by atoms with E-state index in [1.807, 2.05) is 6.92 Å². The molecular weight excluding hydrogens is 258 g/mol. The summed E-state index contributed by atoms with van der Waals surface area (Å²) in [6, 6.07) is 4.19. The number of rotatable bonds is 7. The summed E-state index contributed by atoms with van der Waals surface area (Å²) < 4.78 is 27.3. The summed E-state index contributed by atoms with van der Waals surface area (Å²) in [5.41, 5.74) is 6.14. The van der Waals surface area contributed by atoms with Gasteiger partial charge < -0.3 is 5.73 Å². The molecule has 0 heterocycles. The Morgan fingerprint density at radius 1 is 1.30 bits per heavy atom. The van der Waals surface area contributed by atoms with Crippen molar-refractivity contribution in [2.75, 3.05) is 19.6 Å². The number of hydrogen-bond donors (Lipinski definition) is 1. The molecule has 0 aliphatic carbocycles. The van der Waals surface area contributed by atoms with Crippen LogP contribution in [0.3, 0.4) is 0 Å². The van der Waals surface area contributed by atoms with Gasteiger partial charge >= 0.3 is 0 Å². The molecule has 2 N–H and O–H groups in total. The topological polar surface area (TPSA) is 29.3 Å². The molecular formula is C16H26F2N2. The van der Waals surface area contributed by atoms with Gasteiger partial charge in [0.1, 0.15) is 0 Å². The van der Waals surface area contributed by atoms with Crippen molar-refractivity contribution in [3.05, 3.63) is 35.4 Å². The van der Waals surface area contributed by atoms with Gasteiger partial charge in [-0.1, -0.05) is 32.9 Å². The van der Waals surface area contributed by atoms with E-state index >= 15 is 0 Å². The van der Waals surface area contributed by atoms with Gasteiger partial charge in [0.2, 0.25) is 0 Å². The zero-order valence-electron chi connectivity index (χ0n) is 12.9. The third-order valence-electron chi connectivity index (χ3n) is 3.67. The lowest BCUT2D eigenvalue weighted by Crippen LogP contribution is -2.40. The lowest BCUT2D eigenvalue weighted by Gasteiger charge is -2.36. The first-order chi connectivity index (χ1) is 9.32. The highest BCUT2D eigenvalue weighted by atomic mass is 19.2. The normalized spacial score (nSPS) is 13.8. The molecule has 0 aliphatic heterocycles. The molecule has 0 spiro atoms. The van der Waals surface area contributed by atoms with Crippen molar-refractivity contribution >= 4 is 0 Å². The first-order valence-electron chi connectivity index (χ1n) is 7.20. The van der Waals surface area contributed by atoms with E-state index < -0.39 is 11.6 Å².